The lowest BCUT2D eigenvalue weighted by Gasteiger charge is -2.17. The Kier molecular flexibility index (Phi) is 4.67. The number of hydrogen-bond acceptors (Lipinski definition) is 4. The van der Waals surface area contributed by atoms with Crippen LogP contribution in [0.4, 0.5) is 0 Å². The zero-order valence-electron chi connectivity index (χ0n) is 15.5. The van der Waals surface area contributed by atoms with Crippen molar-refractivity contribution in [1.29, 1.82) is 0 Å². The predicted molar refractivity (Wildman–Crippen MR) is 111 cm³/mol. The van der Waals surface area contributed by atoms with Gasteiger partial charge in [-0.25, -0.2) is 20.8 Å². The van der Waals surface area contributed by atoms with Crippen molar-refractivity contribution < 1.29 is 16.8 Å². The lowest BCUT2D eigenvalue weighted by Crippen LogP contribution is -2.16. The number of benzene rings is 2. The molecular formula is C21H21NO4S2. The van der Waals surface area contributed by atoms with Gasteiger partial charge in [-0.3, -0.25) is 0 Å². The molecule has 0 radical (unpaired) electrons. The normalized spacial score (nSPS) is 15.5. The number of nitrogens with zero attached hydrogens (tertiary/aromatic N) is 1. The Balaban J connectivity index is 2.04. The minimum atomic E-state index is -3.82. The third-order valence-corrected chi connectivity index (χ3v) is 7.91. The number of hydrogen-bond donors (Lipinski definition) is 0. The molecule has 0 saturated carbocycles. The summed E-state index contributed by atoms with van der Waals surface area (Å²) in [5.41, 5.74) is 2.09. The maximum absolute atomic E-state index is 13.5. The van der Waals surface area contributed by atoms with Crippen LogP contribution < -0.4 is 0 Å². The lowest BCUT2D eigenvalue weighted by atomic mass is 9.97. The van der Waals surface area contributed by atoms with E-state index in [1.54, 1.807) is 48.5 Å². The van der Waals surface area contributed by atoms with Crippen molar-refractivity contribution >= 4 is 36.3 Å². The topological polar surface area (TPSA) is 73.2 Å². The average molecular weight is 416 g/mol. The van der Waals surface area contributed by atoms with Gasteiger partial charge in [-0.15, -0.1) is 0 Å². The van der Waals surface area contributed by atoms with E-state index in [4.69, 9.17) is 0 Å². The number of rotatable bonds is 4. The Hall–Kier alpha value is -2.38. The number of allylic oxidation sites excluding steroid dienone is 2. The standard InChI is InChI=1S/C21H21NO4S2/c1-27(23,24)19-12-13-20-17(14-19)15-21(16-8-4-2-5-9-16)22(20)28(25,26)18-10-6-3-7-11-18/h3,6-8,10-15H,2,4-5,9H2,1H3. The van der Waals surface area contributed by atoms with E-state index in [9.17, 15) is 16.8 Å². The van der Waals surface area contributed by atoms with Gasteiger partial charge in [-0.2, -0.15) is 0 Å². The first-order valence-electron chi connectivity index (χ1n) is 9.14. The van der Waals surface area contributed by atoms with Gasteiger partial charge in [-0.1, -0.05) is 24.3 Å². The van der Waals surface area contributed by atoms with Crippen LogP contribution in [0, 0.1) is 0 Å². The molecule has 146 valence electrons. The molecule has 28 heavy (non-hydrogen) atoms. The fourth-order valence-corrected chi connectivity index (χ4v) is 5.87. The Bertz CT molecular complexity index is 1280. The predicted octanol–water partition coefficient (Wildman–Crippen LogP) is 4.24. The largest absolute Gasteiger partial charge is 0.268 e. The first-order chi connectivity index (χ1) is 13.3. The van der Waals surface area contributed by atoms with E-state index in [1.807, 2.05) is 0 Å². The van der Waals surface area contributed by atoms with Gasteiger partial charge in [0.1, 0.15) is 0 Å². The molecule has 3 aromatic rings. The Labute approximate surface area is 165 Å². The van der Waals surface area contributed by atoms with E-state index in [1.165, 1.54) is 10.0 Å². The second-order valence-electron chi connectivity index (χ2n) is 7.08. The van der Waals surface area contributed by atoms with Gasteiger partial charge in [0.05, 0.1) is 21.0 Å². The molecule has 5 nitrogen and oxygen atoms in total. The Morgan fingerprint density at radius 1 is 0.857 bits per heavy atom. The van der Waals surface area contributed by atoms with Gasteiger partial charge >= 0.3 is 0 Å². The fourth-order valence-electron chi connectivity index (χ4n) is 3.65. The van der Waals surface area contributed by atoms with Crippen molar-refractivity contribution in [2.24, 2.45) is 0 Å². The van der Waals surface area contributed by atoms with Gasteiger partial charge in [0, 0.05) is 11.6 Å². The molecule has 2 aromatic carbocycles. The van der Waals surface area contributed by atoms with Crippen molar-refractivity contribution in [2.45, 2.75) is 35.5 Å². The SMILES string of the molecule is CS(=O)(=O)c1ccc2c(c1)cc(C1=CCCCC1)n2S(=O)(=O)c1ccccc1. The second kappa shape index (κ2) is 6.90. The first-order valence-corrected chi connectivity index (χ1v) is 12.5. The van der Waals surface area contributed by atoms with Crippen LogP contribution >= 0.6 is 0 Å². The van der Waals surface area contributed by atoms with Crippen molar-refractivity contribution in [3.63, 3.8) is 0 Å². The van der Waals surface area contributed by atoms with E-state index >= 15 is 0 Å². The molecule has 1 aromatic heterocycles. The molecule has 4 rings (SSSR count). The second-order valence-corrected chi connectivity index (χ2v) is 10.9. The summed E-state index contributed by atoms with van der Waals surface area (Å²) in [4.78, 5) is 0.385. The van der Waals surface area contributed by atoms with Crippen molar-refractivity contribution in [2.75, 3.05) is 6.26 Å². The number of sulfone groups is 1. The fraction of sp³-hybridized carbons (Fsp3) is 0.238. The van der Waals surface area contributed by atoms with Gasteiger partial charge in [0.15, 0.2) is 9.84 Å². The van der Waals surface area contributed by atoms with Gasteiger partial charge < -0.3 is 0 Å². The summed E-state index contributed by atoms with van der Waals surface area (Å²) >= 11 is 0. The number of aromatic nitrogens is 1. The van der Waals surface area contributed by atoms with Crippen LogP contribution in [0.3, 0.4) is 0 Å². The molecule has 0 N–H and O–H groups in total. The molecule has 0 unspecified atom stereocenters. The molecule has 1 heterocycles. The minimum Gasteiger partial charge on any atom is -0.234 e. The molecule has 0 spiro atoms. The van der Waals surface area contributed by atoms with Crippen LogP contribution in [0.15, 0.2) is 70.5 Å². The summed E-state index contributed by atoms with van der Waals surface area (Å²) in [6, 6.07) is 14.7. The molecule has 0 aliphatic heterocycles. The minimum absolute atomic E-state index is 0.179. The maximum atomic E-state index is 13.5. The molecular weight excluding hydrogens is 394 g/mol. The van der Waals surface area contributed by atoms with Crippen LogP contribution in [0.5, 0.6) is 0 Å². The summed E-state index contributed by atoms with van der Waals surface area (Å²) in [5.74, 6) is 0. The molecule has 0 fully saturated rings. The third kappa shape index (κ3) is 3.29. The zero-order valence-corrected chi connectivity index (χ0v) is 17.1. The smallest absolute Gasteiger partial charge is 0.234 e. The van der Waals surface area contributed by atoms with Crippen LogP contribution in [-0.4, -0.2) is 27.1 Å². The number of fused-ring (bicyclic) bond motifs is 1. The average Bonchev–Trinajstić information content (AvgIpc) is 3.08. The summed E-state index contributed by atoms with van der Waals surface area (Å²) in [6.07, 6.45) is 7.06. The van der Waals surface area contributed by atoms with Crippen molar-refractivity contribution in [1.82, 2.24) is 3.97 Å². The molecule has 1 aliphatic carbocycles. The van der Waals surface area contributed by atoms with E-state index in [2.05, 4.69) is 6.08 Å². The quantitative estimate of drug-likeness (QED) is 0.639. The van der Waals surface area contributed by atoms with Crippen LogP contribution in [-0.2, 0) is 19.9 Å². The Morgan fingerprint density at radius 3 is 2.25 bits per heavy atom. The zero-order chi connectivity index (χ0) is 19.9. The molecule has 1 aliphatic rings. The van der Waals surface area contributed by atoms with E-state index in [0.29, 0.717) is 16.6 Å². The van der Waals surface area contributed by atoms with Gasteiger partial charge in [-0.05, 0) is 67.7 Å². The van der Waals surface area contributed by atoms with Crippen LogP contribution in [0.25, 0.3) is 16.5 Å². The highest BCUT2D eigenvalue weighted by atomic mass is 32.2. The van der Waals surface area contributed by atoms with Crippen molar-refractivity contribution in [3.05, 3.63) is 66.4 Å². The highest BCUT2D eigenvalue weighted by Gasteiger charge is 2.25. The molecule has 0 bridgehead atoms. The molecule has 0 saturated heterocycles. The van der Waals surface area contributed by atoms with Crippen LogP contribution in [0.1, 0.15) is 31.4 Å². The van der Waals surface area contributed by atoms with E-state index < -0.39 is 19.9 Å². The maximum Gasteiger partial charge on any atom is 0.268 e. The summed E-state index contributed by atoms with van der Waals surface area (Å²) < 4.78 is 52.2. The Morgan fingerprint density at radius 2 is 1.61 bits per heavy atom. The highest BCUT2D eigenvalue weighted by Crippen LogP contribution is 2.35. The summed E-state index contributed by atoms with van der Waals surface area (Å²) in [6.45, 7) is 0. The van der Waals surface area contributed by atoms with Crippen LogP contribution in [0.2, 0.25) is 0 Å². The van der Waals surface area contributed by atoms with Crippen molar-refractivity contribution in [3.8, 4) is 0 Å². The van der Waals surface area contributed by atoms with E-state index in [0.717, 1.165) is 37.5 Å². The van der Waals surface area contributed by atoms with Gasteiger partial charge in [0.2, 0.25) is 0 Å². The van der Waals surface area contributed by atoms with E-state index in [-0.39, 0.29) is 9.79 Å². The third-order valence-electron chi connectivity index (χ3n) is 5.06. The molecule has 0 amide bonds. The molecule has 0 atom stereocenters. The summed E-state index contributed by atoms with van der Waals surface area (Å²) in [7, 11) is -7.21. The monoisotopic (exact) mass is 415 g/mol. The summed E-state index contributed by atoms with van der Waals surface area (Å²) in [5, 5.41) is 0.601. The first kappa shape index (κ1) is 19.0. The molecule has 7 heteroatoms. The van der Waals surface area contributed by atoms with Gasteiger partial charge in [0.25, 0.3) is 10.0 Å². The lowest BCUT2D eigenvalue weighted by molar-refractivity contribution is 0.588. The highest BCUT2D eigenvalue weighted by molar-refractivity contribution is 7.90.